The molecule has 0 unspecified atom stereocenters. The van der Waals surface area contributed by atoms with Crippen LogP contribution >= 0.6 is 11.6 Å². The summed E-state index contributed by atoms with van der Waals surface area (Å²) in [5, 5.41) is 7.50. The van der Waals surface area contributed by atoms with Crippen LogP contribution in [0.15, 0.2) is 44.1 Å². The molecule has 1 N–H and O–H groups in total. The lowest BCUT2D eigenvalue weighted by Gasteiger charge is -2.19. The molecule has 6 nitrogen and oxygen atoms in total. The molecule has 142 valence electrons. The quantitative estimate of drug-likeness (QED) is 0.668. The molecule has 0 aliphatic heterocycles. The van der Waals surface area contributed by atoms with Crippen molar-refractivity contribution in [1.82, 2.24) is 10.5 Å². The van der Waals surface area contributed by atoms with Crippen molar-refractivity contribution in [2.24, 2.45) is 0 Å². The number of hydrogen-bond acceptors (Lipinski definition) is 5. The molecule has 1 amide bonds. The first kappa shape index (κ1) is 19.2. The third kappa shape index (κ3) is 4.77. The van der Waals surface area contributed by atoms with Gasteiger partial charge in [-0.3, -0.25) is 4.79 Å². The molecule has 0 aliphatic carbocycles. The maximum atomic E-state index is 12.1. The van der Waals surface area contributed by atoms with Gasteiger partial charge in [-0.05, 0) is 28.7 Å². The highest BCUT2D eigenvalue weighted by Crippen LogP contribution is 2.27. The lowest BCUT2D eigenvalue weighted by Crippen LogP contribution is -2.23. The number of aryl methyl sites for hydroxylation is 1. The number of amides is 1. The number of halogens is 1. The Hall–Kier alpha value is -2.60. The Labute approximate surface area is 161 Å². The maximum Gasteiger partial charge on any atom is 0.336 e. The minimum absolute atomic E-state index is 0.0385. The van der Waals surface area contributed by atoms with Gasteiger partial charge >= 0.3 is 5.63 Å². The Balaban J connectivity index is 1.75. The minimum atomic E-state index is -0.438. The average molecular weight is 389 g/mol. The molecule has 2 heterocycles. The van der Waals surface area contributed by atoms with Crippen LogP contribution in [0.3, 0.4) is 0 Å². The van der Waals surface area contributed by atoms with Gasteiger partial charge in [-0.25, -0.2) is 4.79 Å². The van der Waals surface area contributed by atoms with Gasteiger partial charge in [0.15, 0.2) is 5.15 Å². The molecule has 7 heteroatoms. The lowest BCUT2D eigenvalue weighted by atomic mass is 9.86. The Morgan fingerprint density at radius 3 is 2.67 bits per heavy atom. The number of hydrogen-bond donors (Lipinski definition) is 1. The van der Waals surface area contributed by atoms with Gasteiger partial charge in [0.05, 0.1) is 0 Å². The fourth-order valence-electron chi connectivity index (χ4n) is 2.77. The van der Waals surface area contributed by atoms with Gasteiger partial charge in [0.1, 0.15) is 11.3 Å². The first-order chi connectivity index (χ1) is 12.7. The third-order valence-electron chi connectivity index (χ3n) is 4.30. The SMILES string of the molecule is CC(C)(C)c1ccc2oc(=O)cc(CNC(=O)CCc3cc(Cl)no3)c2c1. The number of fused-ring (bicyclic) bond motifs is 1. The number of nitrogens with one attached hydrogen (secondary N) is 1. The van der Waals surface area contributed by atoms with Gasteiger partial charge in [-0.1, -0.05) is 43.6 Å². The summed E-state index contributed by atoms with van der Waals surface area (Å²) >= 11 is 5.69. The summed E-state index contributed by atoms with van der Waals surface area (Å²) in [5.41, 5.74) is 1.88. The molecule has 27 heavy (non-hydrogen) atoms. The van der Waals surface area contributed by atoms with Crippen molar-refractivity contribution in [1.29, 1.82) is 0 Å². The Morgan fingerprint density at radius 2 is 2.00 bits per heavy atom. The largest absolute Gasteiger partial charge is 0.423 e. The molecule has 0 spiro atoms. The second kappa shape index (κ2) is 7.56. The van der Waals surface area contributed by atoms with Crippen molar-refractivity contribution in [2.45, 2.75) is 45.6 Å². The van der Waals surface area contributed by atoms with Gasteiger partial charge in [0, 0.05) is 36.9 Å². The van der Waals surface area contributed by atoms with Gasteiger partial charge in [0.25, 0.3) is 0 Å². The topological polar surface area (TPSA) is 85.3 Å². The summed E-state index contributed by atoms with van der Waals surface area (Å²) in [6.45, 7) is 6.59. The van der Waals surface area contributed by atoms with E-state index in [-0.39, 0.29) is 29.4 Å². The average Bonchev–Trinajstić information content (AvgIpc) is 3.02. The molecule has 0 atom stereocenters. The van der Waals surface area contributed by atoms with Crippen LogP contribution in [0.1, 0.15) is 44.1 Å². The number of carbonyl (C=O) groups is 1. The van der Waals surface area contributed by atoms with E-state index in [0.717, 1.165) is 16.5 Å². The van der Waals surface area contributed by atoms with Crippen LogP contribution in [-0.4, -0.2) is 11.1 Å². The lowest BCUT2D eigenvalue weighted by molar-refractivity contribution is -0.121. The number of nitrogens with zero attached hydrogens (tertiary/aromatic N) is 1. The van der Waals surface area contributed by atoms with Crippen LogP contribution in [0.2, 0.25) is 5.15 Å². The van der Waals surface area contributed by atoms with Gasteiger partial charge < -0.3 is 14.3 Å². The Morgan fingerprint density at radius 1 is 1.22 bits per heavy atom. The number of rotatable bonds is 5. The summed E-state index contributed by atoms with van der Waals surface area (Å²) < 4.78 is 10.3. The van der Waals surface area contributed by atoms with Gasteiger partial charge in [-0.15, -0.1) is 0 Å². The van der Waals surface area contributed by atoms with E-state index in [1.807, 2.05) is 12.1 Å². The van der Waals surface area contributed by atoms with E-state index in [0.29, 0.717) is 17.8 Å². The molecular weight excluding hydrogens is 368 g/mol. The summed E-state index contributed by atoms with van der Waals surface area (Å²) in [6.07, 6.45) is 0.634. The van der Waals surface area contributed by atoms with E-state index in [2.05, 4.69) is 31.2 Å². The third-order valence-corrected chi connectivity index (χ3v) is 4.48. The van der Waals surface area contributed by atoms with Gasteiger partial charge in [-0.2, -0.15) is 0 Å². The van der Waals surface area contributed by atoms with Crippen molar-refractivity contribution >= 4 is 28.5 Å². The van der Waals surface area contributed by atoms with Crippen LogP contribution in [0.4, 0.5) is 0 Å². The van der Waals surface area contributed by atoms with E-state index in [9.17, 15) is 9.59 Å². The second-order valence-electron chi connectivity index (χ2n) is 7.44. The summed E-state index contributed by atoms with van der Waals surface area (Å²) in [6, 6.07) is 8.77. The number of aromatic nitrogens is 1. The van der Waals surface area contributed by atoms with E-state index >= 15 is 0 Å². The van der Waals surface area contributed by atoms with Crippen molar-refractivity contribution in [3.8, 4) is 0 Å². The fraction of sp³-hybridized carbons (Fsp3) is 0.350. The van der Waals surface area contributed by atoms with Crippen molar-refractivity contribution < 1.29 is 13.7 Å². The summed E-state index contributed by atoms with van der Waals surface area (Å²) in [7, 11) is 0. The normalized spacial score (nSPS) is 11.7. The Kier molecular flexibility index (Phi) is 5.37. The molecule has 0 aliphatic rings. The highest BCUT2D eigenvalue weighted by atomic mass is 35.5. The van der Waals surface area contributed by atoms with Crippen LogP contribution in [-0.2, 0) is 23.2 Å². The summed E-state index contributed by atoms with van der Waals surface area (Å²) in [5.74, 6) is 0.395. The molecule has 0 saturated carbocycles. The van der Waals surface area contributed by atoms with E-state index in [1.165, 1.54) is 6.07 Å². The van der Waals surface area contributed by atoms with Crippen molar-refractivity contribution in [2.75, 3.05) is 0 Å². The highest BCUT2D eigenvalue weighted by molar-refractivity contribution is 6.29. The van der Waals surface area contributed by atoms with E-state index in [1.54, 1.807) is 12.1 Å². The molecule has 0 fully saturated rings. The molecule has 3 rings (SSSR count). The molecule has 0 saturated heterocycles. The number of carbonyl (C=O) groups excluding carboxylic acids is 1. The fourth-order valence-corrected chi connectivity index (χ4v) is 2.92. The minimum Gasteiger partial charge on any atom is -0.423 e. The predicted octanol–water partition coefficient (Wildman–Crippen LogP) is 3.98. The molecule has 0 bridgehead atoms. The van der Waals surface area contributed by atoms with Crippen LogP contribution in [0.5, 0.6) is 0 Å². The smallest absolute Gasteiger partial charge is 0.336 e. The first-order valence-corrected chi connectivity index (χ1v) is 9.05. The molecule has 1 aromatic carbocycles. The zero-order valence-corrected chi connectivity index (χ0v) is 16.2. The van der Waals surface area contributed by atoms with Crippen LogP contribution in [0.25, 0.3) is 11.0 Å². The first-order valence-electron chi connectivity index (χ1n) is 8.67. The summed E-state index contributed by atoms with van der Waals surface area (Å²) in [4.78, 5) is 24.0. The van der Waals surface area contributed by atoms with Crippen LogP contribution in [0, 0.1) is 0 Å². The maximum absolute atomic E-state index is 12.1. The zero-order valence-electron chi connectivity index (χ0n) is 15.5. The van der Waals surface area contributed by atoms with E-state index in [4.69, 9.17) is 20.5 Å². The molecule has 2 aromatic heterocycles. The number of benzene rings is 1. The predicted molar refractivity (Wildman–Crippen MR) is 103 cm³/mol. The monoisotopic (exact) mass is 388 g/mol. The second-order valence-corrected chi connectivity index (χ2v) is 7.83. The van der Waals surface area contributed by atoms with Crippen LogP contribution < -0.4 is 10.9 Å². The molecule has 0 radical (unpaired) electrons. The standard InChI is InChI=1S/C20H21ClN2O4/c1-20(2,3)13-4-6-16-15(9-13)12(8-19(25)26-16)11-22-18(24)7-5-14-10-17(21)23-27-14/h4,6,8-10H,5,7,11H2,1-3H3,(H,22,24). The Bertz CT molecular complexity index is 1030. The molecular formula is C20H21ClN2O4. The van der Waals surface area contributed by atoms with Gasteiger partial charge in [0.2, 0.25) is 5.91 Å². The van der Waals surface area contributed by atoms with Crippen molar-refractivity contribution in [3.05, 3.63) is 62.8 Å². The van der Waals surface area contributed by atoms with Crippen molar-refractivity contribution in [3.63, 3.8) is 0 Å². The molecule has 3 aromatic rings. The highest BCUT2D eigenvalue weighted by Gasteiger charge is 2.16. The zero-order chi connectivity index (χ0) is 19.6. The van der Waals surface area contributed by atoms with E-state index < -0.39 is 5.63 Å².